The molecule has 0 aromatic heterocycles. The maximum atomic E-state index is 5.60. The Balaban J connectivity index is 1.94. The molecule has 1 N–H and O–H groups in total. The van der Waals surface area contributed by atoms with Gasteiger partial charge >= 0.3 is 0 Å². The van der Waals surface area contributed by atoms with Crippen LogP contribution >= 0.6 is 0 Å². The van der Waals surface area contributed by atoms with Gasteiger partial charge in [-0.2, -0.15) is 0 Å². The van der Waals surface area contributed by atoms with Crippen molar-refractivity contribution in [1.29, 1.82) is 0 Å². The summed E-state index contributed by atoms with van der Waals surface area (Å²) in [6.45, 7) is 8.66. The summed E-state index contributed by atoms with van der Waals surface area (Å²) in [6, 6.07) is 0. The first-order valence-corrected chi connectivity index (χ1v) is 4.82. The molecule has 0 radical (unpaired) electrons. The average molecular weight is 169 g/mol. The molecule has 0 atom stereocenters. The van der Waals surface area contributed by atoms with Gasteiger partial charge in [0.25, 0.3) is 0 Å². The fraction of sp³-hybridized carbons (Fsp3) is 0.800. The highest BCUT2D eigenvalue weighted by Crippen LogP contribution is 2.21. The molecule has 0 bridgehead atoms. The summed E-state index contributed by atoms with van der Waals surface area (Å²) in [4.78, 5) is 0. The van der Waals surface area contributed by atoms with E-state index in [4.69, 9.17) is 4.74 Å². The van der Waals surface area contributed by atoms with Gasteiger partial charge in [0.2, 0.25) is 0 Å². The second kappa shape index (κ2) is 5.33. The first-order chi connectivity index (χ1) is 5.83. The number of rotatable bonds is 6. The molecule has 1 aliphatic rings. The zero-order valence-electron chi connectivity index (χ0n) is 7.94. The summed E-state index contributed by atoms with van der Waals surface area (Å²) in [6.07, 6.45) is 4.36. The molecule has 0 unspecified atom stereocenters. The smallest absolute Gasteiger partial charge is 0.0690 e. The van der Waals surface area contributed by atoms with Crippen molar-refractivity contribution in [3.8, 4) is 0 Å². The van der Waals surface area contributed by atoms with Crippen LogP contribution in [0.3, 0.4) is 0 Å². The van der Waals surface area contributed by atoms with Gasteiger partial charge in [-0.1, -0.05) is 13.5 Å². The molecule has 0 amide bonds. The van der Waals surface area contributed by atoms with Gasteiger partial charge in [-0.25, -0.2) is 0 Å². The number of nitrogens with one attached hydrogen (secondary N) is 1. The van der Waals surface area contributed by atoms with E-state index in [9.17, 15) is 0 Å². The molecule has 0 spiro atoms. The Hall–Kier alpha value is -0.340. The molecule has 1 saturated carbocycles. The van der Waals surface area contributed by atoms with Crippen molar-refractivity contribution in [2.75, 3.05) is 19.7 Å². The first kappa shape index (κ1) is 9.75. The van der Waals surface area contributed by atoms with E-state index in [1.54, 1.807) is 0 Å². The van der Waals surface area contributed by atoms with E-state index in [-0.39, 0.29) is 0 Å². The Kier molecular flexibility index (Phi) is 4.33. The first-order valence-electron chi connectivity index (χ1n) is 4.82. The van der Waals surface area contributed by atoms with Crippen molar-refractivity contribution in [2.24, 2.45) is 0 Å². The van der Waals surface area contributed by atoms with E-state index in [1.165, 1.54) is 19.3 Å². The second-order valence-electron chi connectivity index (χ2n) is 3.39. The second-order valence-corrected chi connectivity index (χ2v) is 3.39. The van der Waals surface area contributed by atoms with Crippen LogP contribution in [0.15, 0.2) is 12.2 Å². The maximum absolute atomic E-state index is 5.60. The molecule has 70 valence electrons. The van der Waals surface area contributed by atoms with Gasteiger partial charge in [-0.15, -0.1) is 0 Å². The Morgan fingerprint density at radius 3 is 2.83 bits per heavy atom. The summed E-state index contributed by atoms with van der Waals surface area (Å²) < 4.78 is 5.60. The third kappa shape index (κ3) is 3.37. The van der Waals surface area contributed by atoms with E-state index >= 15 is 0 Å². The van der Waals surface area contributed by atoms with Crippen LogP contribution in [-0.4, -0.2) is 25.8 Å². The molecule has 1 rings (SSSR count). The van der Waals surface area contributed by atoms with Crippen LogP contribution in [0, 0.1) is 0 Å². The number of hydrogen-bond acceptors (Lipinski definition) is 2. The zero-order valence-corrected chi connectivity index (χ0v) is 7.94. The maximum Gasteiger partial charge on any atom is 0.0690 e. The normalized spacial score (nSPS) is 17.4. The minimum atomic E-state index is 0.531. The number of ether oxygens (including phenoxy) is 1. The lowest BCUT2D eigenvalue weighted by Crippen LogP contribution is -2.25. The highest BCUT2D eigenvalue weighted by Gasteiger charge is 2.17. The Bertz CT molecular complexity index is 141. The van der Waals surface area contributed by atoms with Crippen molar-refractivity contribution in [1.82, 2.24) is 5.32 Å². The average Bonchev–Trinajstić information content (AvgIpc) is 1.98. The van der Waals surface area contributed by atoms with Crippen molar-refractivity contribution in [3.05, 3.63) is 12.2 Å². The van der Waals surface area contributed by atoms with Gasteiger partial charge in [0, 0.05) is 6.54 Å². The topological polar surface area (TPSA) is 21.3 Å². The van der Waals surface area contributed by atoms with Crippen LogP contribution < -0.4 is 5.32 Å². The molecule has 0 aromatic rings. The van der Waals surface area contributed by atoms with E-state index in [2.05, 4.69) is 18.8 Å². The predicted octanol–water partition coefficient (Wildman–Crippen LogP) is 1.72. The summed E-state index contributed by atoms with van der Waals surface area (Å²) in [5.41, 5.74) is 1.16. The van der Waals surface area contributed by atoms with Gasteiger partial charge in [-0.05, 0) is 31.4 Å². The number of likely N-dealkylation sites (N-methyl/N-ethyl adjacent to an activating group) is 1. The highest BCUT2D eigenvalue weighted by molar-refractivity contribution is 4.97. The fourth-order valence-corrected chi connectivity index (χ4v) is 1.13. The van der Waals surface area contributed by atoms with E-state index in [0.717, 1.165) is 25.3 Å². The van der Waals surface area contributed by atoms with Crippen molar-refractivity contribution in [3.63, 3.8) is 0 Å². The quantitative estimate of drug-likeness (QED) is 0.611. The van der Waals surface area contributed by atoms with Gasteiger partial charge in [0.05, 0.1) is 12.7 Å². The minimum Gasteiger partial charge on any atom is -0.374 e. The summed E-state index contributed by atoms with van der Waals surface area (Å²) in [5.74, 6) is 0. The summed E-state index contributed by atoms with van der Waals surface area (Å²) in [7, 11) is 0. The molecule has 0 saturated heterocycles. The van der Waals surface area contributed by atoms with Gasteiger partial charge in [-0.3, -0.25) is 0 Å². The lowest BCUT2D eigenvalue weighted by atomic mass is 9.96. The Labute approximate surface area is 75.0 Å². The van der Waals surface area contributed by atoms with Crippen LogP contribution in [0.25, 0.3) is 0 Å². The van der Waals surface area contributed by atoms with E-state index < -0.39 is 0 Å². The van der Waals surface area contributed by atoms with Crippen LogP contribution in [0.4, 0.5) is 0 Å². The lowest BCUT2D eigenvalue weighted by Gasteiger charge is -2.25. The molecule has 2 heteroatoms. The van der Waals surface area contributed by atoms with Crippen LogP contribution in [0.1, 0.15) is 26.2 Å². The van der Waals surface area contributed by atoms with Gasteiger partial charge < -0.3 is 10.1 Å². The molecule has 12 heavy (non-hydrogen) atoms. The van der Waals surface area contributed by atoms with E-state index in [0.29, 0.717) is 6.10 Å². The largest absolute Gasteiger partial charge is 0.374 e. The molecule has 1 aliphatic carbocycles. The summed E-state index contributed by atoms with van der Waals surface area (Å²) >= 11 is 0. The van der Waals surface area contributed by atoms with Crippen LogP contribution in [0.5, 0.6) is 0 Å². The Morgan fingerprint density at radius 2 is 2.33 bits per heavy atom. The van der Waals surface area contributed by atoms with Gasteiger partial charge in [0.1, 0.15) is 0 Å². The van der Waals surface area contributed by atoms with Crippen molar-refractivity contribution in [2.45, 2.75) is 32.3 Å². The third-order valence-electron chi connectivity index (χ3n) is 2.20. The standard InChI is InChI=1S/C10H19NO/c1-3-11-7-9(2)8-12-10-5-4-6-10/h10-11H,2-8H2,1H3. The highest BCUT2D eigenvalue weighted by atomic mass is 16.5. The fourth-order valence-electron chi connectivity index (χ4n) is 1.13. The molecular weight excluding hydrogens is 150 g/mol. The third-order valence-corrected chi connectivity index (χ3v) is 2.20. The lowest BCUT2D eigenvalue weighted by molar-refractivity contribution is 0.0149. The minimum absolute atomic E-state index is 0.531. The molecule has 0 aromatic carbocycles. The van der Waals surface area contributed by atoms with Crippen molar-refractivity contribution >= 4 is 0 Å². The van der Waals surface area contributed by atoms with Crippen LogP contribution in [0.2, 0.25) is 0 Å². The molecule has 2 nitrogen and oxygen atoms in total. The number of hydrogen-bond donors (Lipinski definition) is 1. The summed E-state index contributed by atoms with van der Waals surface area (Å²) in [5, 5.41) is 3.23. The monoisotopic (exact) mass is 169 g/mol. The van der Waals surface area contributed by atoms with Gasteiger partial charge in [0.15, 0.2) is 0 Å². The molecule has 0 heterocycles. The zero-order chi connectivity index (χ0) is 8.81. The molecular formula is C10H19NO. The molecule has 0 aliphatic heterocycles. The van der Waals surface area contributed by atoms with E-state index in [1.807, 2.05) is 0 Å². The molecule has 1 fully saturated rings. The predicted molar refractivity (Wildman–Crippen MR) is 51.3 cm³/mol. The SMILES string of the molecule is C=C(CNCC)COC1CCC1. The van der Waals surface area contributed by atoms with Crippen LogP contribution in [-0.2, 0) is 4.74 Å². The Morgan fingerprint density at radius 1 is 1.58 bits per heavy atom. The van der Waals surface area contributed by atoms with Crippen molar-refractivity contribution < 1.29 is 4.74 Å².